The third kappa shape index (κ3) is 6.14. The predicted octanol–water partition coefficient (Wildman–Crippen LogP) is 1.98. The molecule has 0 amide bonds. The van der Waals surface area contributed by atoms with Gasteiger partial charge in [0, 0.05) is 45.8 Å². The minimum absolute atomic E-state index is 0.0574. The molecule has 11 heteroatoms. The SMILES string of the molecule is CC(C)Nc1nc(NCC2CCC(N(C)S(=O)(=O)N(C)C)CC2)nc(NC2CC2)n1. The van der Waals surface area contributed by atoms with Crippen molar-refractivity contribution < 1.29 is 8.42 Å². The fraction of sp³-hybridized carbons (Fsp3) is 0.842. The summed E-state index contributed by atoms with van der Waals surface area (Å²) in [5.41, 5.74) is 0. The quantitative estimate of drug-likeness (QED) is 0.506. The molecule has 0 unspecified atom stereocenters. The maximum atomic E-state index is 12.3. The lowest BCUT2D eigenvalue weighted by Gasteiger charge is -2.35. The van der Waals surface area contributed by atoms with E-state index < -0.39 is 10.2 Å². The van der Waals surface area contributed by atoms with E-state index in [0.717, 1.165) is 45.1 Å². The molecule has 2 aliphatic carbocycles. The van der Waals surface area contributed by atoms with Crippen molar-refractivity contribution in [2.24, 2.45) is 5.92 Å². The van der Waals surface area contributed by atoms with Crippen molar-refractivity contribution in [3.05, 3.63) is 0 Å². The Morgan fingerprint density at radius 1 is 0.933 bits per heavy atom. The number of nitrogens with one attached hydrogen (secondary N) is 3. The van der Waals surface area contributed by atoms with Crippen LogP contribution in [0.3, 0.4) is 0 Å². The molecule has 1 aromatic heterocycles. The third-order valence-corrected chi connectivity index (χ3v) is 7.62. The van der Waals surface area contributed by atoms with Crippen LogP contribution in [-0.2, 0) is 10.2 Å². The molecule has 30 heavy (non-hydrogen) atoms. The van der Waals surface area contributed by atoms with Crippen molar-refractivity contribution >= 4 is 28.1 Å². The number of hydrogen-bond acceptors (Lipinski definition) is 8. The minimum atomic E-state index is -3.36. The third-order valence-electron chi connectivity index (χ3n) is 5.67. The first-order valence-electron chi connectivity index (χ1n) is 10.8. The molecule has 0 aromatic carbocycles. The molecule has 0 spiro atoms. The zero-order chi connectivity index (χ0) is 21.9. The Balaban J connectivity index is 1.54. The van der Waals surface area contributed by atoms with Crippen LogP contribution < -0.4 is 16.0 Å². The van der Waals surface area contributed by atoms with Gasteiger partial charge < -0.3 is 16.0 Å². The maximum Gasteiger partial charge on any atom is 0.281 e. The fourth-order valence-corrected chi connectivity index (χ4v) is 4.75. The standard InChI is InChI=1S/C19H36N8O2S/c1-13(2)21-18-23-17(24-19(25-18)22-15-8-9-15)20-12-14-6-10-16(11-7-14)27(5)30(28,29)26(3)4/h13-16H,6-12H2,1-5H3,(H3,20,21,22,23,24,25). The summed E-state index contributed by atoms with van der Waals surface area (Å²) in [5.74, 6) is 2.22. The molecule has 1 aromatic rings. The maximum absolute atomic E-state index is 12.3. The highest BCUT2D eigenvalue weighted by Crippen LogP contribution is 2.29. The van der Waals surface area contributed by atoms with Crippen LogP contribution in [0.1, 0.15) is 52.4 Å². The monoisotopic (exact) mass is 440 g/mol. The van der Waals surface area contributed by atoms with E-state index in [9.17, 15) is 8.42 Å². The topological polar surface area (TPSA) is 115 Å². The molecule has 1 heterocycles. The van der Waals surface area contributed by atoms with Gasteiger partial charge in [0.1, 0.15) is 0 Å². The largest absolute Gasteiger partial charge is 0.354 e. The van der Waals surface area contributed by atoms with Crippen LogP contribution in [0.2, 0.25) is 0 Å². The molecular weight excluding hydrogens is 404 g/mol. The molecule has 170 valence electrons. The smallest absolute Gasteiger partial charge is 0.281 e. The molecule has 10 nitrogen and oxygen atoms in total. The lowest BCUT2D eigenvalue weighted by atomic mass is 9.86. The Morgan fingerprint density at radius 3 is 2.10 bits per heavy atom. The molecule has 2 aliphatic rings. The first-order valence-corrected chi connectivity index (χ1v) is 12.2. The van der Waals surface area contributed by atoms with Crippen molar-refractivity contribution in [2.45, 2.75) is 70.5 Å². The summed E-state index contributed by atoms with van der Waals surface area (Å²) >= 11 is 0. The van der Waals surface area contributed by atoms with Crippen molar-refractivity contribution in [1.29, 1.82) is 0 Å². The number of aromatic nitrogens is 3. The van der Waals surface area contributed by atoms with Gasteiger partial charge >= 0.3 is 0 Å². The van der Waals surface area contributed by atoms with Crippen LogP contribution in [0.4, 0.5) is 17.8 Å². The number of rotatable bonds is 10. The Morgan fingerprint density at radius 2 is 1.53 bits per heavy atom. The zero-order valence-electron chi connectivity index (χ0n) is 18.7. The molecule has 3 rings (SSSR count). The molecule has 0 atom stereocenters. The second kappa shape index (κ2) is 9.61. The summed E-state index contributed by atoms with van der Waals surface area (Å²) in [6, 6.07) is 0.764. The van der Waals surface area contributed by atoms with E-state index in [4.69, 9.17) is 0 Å². The van der Waals surface area contributed by atoms with Crippen LogP contribution >= 0.6 is 0 Å². The summed E-state index contributed by atoms with van der Waals surface area (Å²) in [7, 11) is 1.47. The van der Waals surface area contributed by atoms with Crippen LogP contribution in [0.25, 0.3) is 0 Å². The van der Waals surface area contributed by atoms with E-state index in [1.165, 1.54) is 8.61 Å². The van der Waals surface area contributed by atoms with Crippen molar-refractivity contribution in [3.63, 3.8) is 0 Å². The van der Waals surface area contributed by atoms with Gasteiger partial charge in [0.05, 0.1) is 0 Å². The van der Waals surface area contributed by atoms with Gasteiger partial charge in [-0.3, -0.25) is 0 Å². The van der Waals surface area contributed by atoms with Gasteiger partial charge in [0.25, 0.3) is 10.2 Å². The van der Waals surface area contributed by atoms with Crippen molar-refractivity contribution in [1.82, 2.24) is 23.6 Å². The minimum Gasteiger partial charge on any atom is -0.354 e. The normalized spacial score (nSPS) is 22.5. The number of nitrogens with zero attached hydrogens (tertiary/aromatic N) is 5. The molecule has 0 aliphatic heterocycles. The van der Waals surface area contributed by atoms with E-state index in [0.29, 0.717) is 29.8 Å². The molecule has 3 N–H and O–H groups in total. The van der Waals surface area contributed by atoms with Gasteiger partial charge in [-0.15, -0.1) is 0 Å². The van der Waals surface area contributed by atoms with E-state index in [2.05, 4.69) is 44.7 Å². The summed E-state index contributed by atoms with van der Waals surface area (Å²) in [4.78, 5) is 13.5. The Bertz CT molecular complexity index is 783. The number of hydrogen-bond donors (Lipinski definition) is 3. The molecular formula is C19H36N8O2S. The average Bonchev–Trinajstić information content (AvgIpc) is 3.49. The summed E-state index contributed by atoms with van der Waals surface area (Å²) < 4.78 is 27.5. The Hall–Kier alpha value is -1.72. The van der Waals surface area contributed by atoms with Gasteiger partial charge in [-0.05, 0) is 58.3 Å². The van der Waals surface area contributed by atoms with Crippen LogP contribution in [-0.4, -0.2) is 77.8 Å². The number of anilines is 3. The van der Waals surface area contributed by atoms with Gasteiger partial charge in [-0.25, -0.2) is 0 Å². The van der Waals surface area contributed by atoms with Gasteiger partial charge in [-0.2, -0.15) is 32.0 Å². The zero-order valence-corrected chi connectivity index (χ0v) is 19.5. The molecule has 0 bridgehead atoms. The second-order valence-corrected chi connectivity index (χ2v) is 11.1. The van der Waals surface area contributed by atoms with Crippen LogP contribution in [0, 0.1) is 5.92 Å². The van der Waals surface area contributed by atoms with E-state index in [-0.39, 0.29) is 12.1 Å². The summed E-state index contributed by atoms with van der Waals surface area (Å²) in [6.07, 6.45) is 5.98. The highest BCUT2D eigenvalue weighted by Gasteiger charge is 2.31. The van der Waals surface area contributed by atoms with Gasteiger partial charge in [0.15, 0.2) is 0 Å². The average molecular weight is 441 g/mol. The van der Waals surface area contributed by atoms with Gasteiger partial charge in [-0.1, -0.05) is 0 Å². The van der Waals surface area contributed by atoms with E-state index in [1.807, 2.05) is 0 Å². The van der Waals surface area contributed by atoms with Crippen LogP contribution in [0.5, 0.6) is 0 Å². The van der Waals surface area contributed by atoms with E-state index >= 15 is 0 Å². The molecule has 0 radical (unpaired) electrons. The molecule has 2 fully saturated rings. The Kier molecular flexibility index (Phi) is 7.35. The predicted molar refractivity (Wildman–Crippen MR) is 120 cm³/mol. The van der Waals surface area contributed by atoms with E-state index in [1.54, 1.807) is 21.1 Å². The summed E-state index contributed by atoms with van der Waals surface area (Å²) in [5, 5.41) is 9.96. The molecule has 0 saturated heterocycles. The first kappa shape index (κ1) is 23.0. The lowest BCUT2D eigenvalue weighted by Crippen LogP contribution is -2.45. The van der Waals surface area contributed by atoms with Gasteiger partial charge in [0.2, 0.25) is 17.8 Å². The van der Waals surface area contributed by atoms with Crippen LogP contribution in [0.15, 0.2) is 0 Å². The Labute approximate surface area is 180 Å². The lowest BCUT2D eigenvalue weighted by molar-refractivity contribution is 0.234. The van der Waals surface area contributed by atoms with Crippen molar-refractivity contribution in [3.8, 4) is 0 Å². The fourth-order valence-electron chi connectivity index (χ4n) is 3.65. The second-order valence-electron chi connectivity index (χ2n) is 8.89. The highest BCUT2D eigenvalue weighted by atomic mass is 32.2. The first-order chi connectivity index (χ1) is 14.1. The van der Waals surface area contributed by atoms with Crippen molar-refractivity contribution in [2.75, 3.05) is 43.6 Å². The molecule has 2 saturated carbocycles. The highest BCUT2D eigenvalue weighted by molar-refractivity contribution is 7.86. The summed E-state index contributed by atoms with van der Waals surface area (Å²) in [6.45, 7) is 4.87.